The van der Waals surface area contributed by atoms with Crippen LogP contribution in [-0.4, -0.2) is 0 Å². The van der Waals surface area contributed by atoms with Crippen molar-refractivity contribution in [2.75, 3.05) is 5.32 Å². The van der Waals surface area contributed by atoms with Crippen molar-refractivity contribution >= 4 is 33.0 Å². The Morgan fingerprint density at radius 3 is 2.22 bits per heavy atom. The van der Waals surface area contributed by atoms with Crippen LogP contribution in [0, 0.1) is 0 Å². The molecule has 0 atom stereocenters. The summed E-state index contributed by atoms with van der Waals surface area (Å²) in [5.74, 6) is 0. The minimum absolute atomic E-state index is 0.219. The van der Waals surface area contributed by atoms with E-state index in [-0.39, 0.29) is 5.41 Å². The third-order valence-electron chi connectivity index (χ3n) is 2.85. The van der Waals surface area contributed by atoms with Gasteiger partial charge < -0.3 is 5.32 Å². The summed E-state index contributed by atoms with van der Waals surface area (Å²) in [4.78, 5) is 1.33. The van der Waals surface area contributed by atoms with Gasteiger partial charge in [-0.3, -0.25) is 0 Å². The molecule has 0 unspecified atom stereocenters. The van der Waals surface area contributed by atoms with Gasteiger partial charge in [0.05, 0.1) is 3.79 Å². The van der Waals surface area contributed by atoms with E-state index < -0.39 is 0 Å². The highest BCUT2D eigenvalue weighted by molar-refractivity contribution is 9.11. The molecule has 2 aromatic rings. The van der Waals surface area contributed by atoms with Crippen LogP contribution in [0.5, 0.6) is 0 Å². The Morgan fingerprint density at radius 2 is 1.72 bits per heavy atom. The van der Waals surface area contributed by atoms with Gasteiger partial charge in [-0.05, 0) is 51.2 Å². The van der Waals surface area contributed by atoms with E-state index in [1.165, 1.54) is 19.9 Å². The van der Waals surface area contributed by atoms with Gasteiger partial charge >= 0.3 is 0 Å². The lowest BCUT2D eigenvalue weighted by Crippen LogP contribution is -2.10. The van der Waals surface area contributed by atoms with E-state index in [9.17, 15) is 0 Å². The zero-order chi connectivity index (χ0) is 13.2. The Hall–Kier alpha value is -0.800. The van der Waals surface area contributed by atoms with Crippen LogP contribution < -0.4 is 5.32 Å². The van der Waals surface area contributed by atoms with Crippen LogP contribution in [-0.2, 0) is 12.0 Å². The van der Waals surface area contributed by atoms with E-state index in [2.05, 4.69) is 78.4 Å². The molecule has 0 aliphatic rings. The normalized spacial score (nSPS) is 11.6. The fourth-order valence-electron chi connectivity index (χ4n) is 1.72. The molecule has 0 amide bonds. The Kier molecular flexibility index (Phi) is 4.13. The molecule has 0 aliphatic carbocycles. The number of anilines is 1. The standard InChI is InChI=1S/C15H18BrNS/c1-15(2,3)11-4-6-12(7-5-11)17-10-13-8-9-14(16)18-13/h4-9,17H,10H2,1-3H3. The van der Waals surface area contributed by atoms with Crippen LogP contribution in [0.15, 0.2) is 40.2 Å². The van der Waals surface area contributed by atoms with E-state index in [1.807, 2.05) is 0 Å². The van der Waals surface area contributed by atoms with Crippen molar-refractivity contribution in [2.24, 2.45) is 0 Å². The van der Waals surface area contributed by atoms with Gasteiger partial charge in [-0.2, -0.15) is 0 Å². The van der Waals surface area contributed by atoms with Gasteiger partial charge in [-0.25, -0.2) is 0 Å². The molecule has 18 heavy (non-hydrogen) atoms. The van der Waals surface area contributed by atoms with E-state index in [4.69, 9.17) is 0 Å². The first-order valence-corrected chi connectivity index (χ1v) is 7.65. The predicted molar refractivity (Wildman–Crippen MR) is 84.5 cm³/mol. The first-order valence-electron chi connectivity index (χ1n) is 6.04. The van der Waals surface area contributed by atoms with Crippen LogP contribution in [0.3, 0.4) is 0 Å². The Bertz CT molecular complexity index is 508. The highest BCUT2D eigenvalue weighted by atomic mass is 79.9. The smallest absolute Gasteiger partial charge is 0.0702 e. The molecule has 96 valence electrons. The quantitative estimate of drug-likeness (QED) is 0.795. The number of nitrogens with one attached hydrogen (secondary N) is 1. The summed E-state index contributed by atoms with van der Waals surface area (Å²) in [6.45, 7) is 7.58. The van der Waals surface area contributed by atoms with Crippen molar-refractivity contribution in [1.82, 2.24) is 0 Å². The lowest BCUT2D eigenvalue weighted by atomic mass is 9.87. The molecule has 1 heterocycles. The molecule has 1 N–H and O–H groups in total. The molecule has 0 fully saturated rings. The molecule has 0 bridgehead atoms. The van der Waals surface area contributed by atoms with E-state index in [0.717, 1.165) is 6.54 Å². The summed E-state index contributed by atoms with van der Waals surface area (Å²) in [7, 11) is 0. The van der Waals surface area contributed by atoms with Crippen molar-refractivity contribution in [3.63, 3.8) is 0 Å². The first-order chi connectivity index (χ1) is 8.45. The third-order valence-corrected chi connectivity index (χ3v) is 4.47. The highest BCUT2D eigenvalue weighted by Gasteiger charge is 2.12. The van der Waals surface area contributed by atoms with Gasteiger partial charge in [0.1, 0.15) is 0 Å². The van der Waals surface area contributed by atoms with E-state index in [1.54, 1.807) is 11.3 Å². The van der Waals surface area contributed by atoms with Crippen LogP contribution in [0.25, 0.3) is 0 Å². The maximum Gasteiger partial charge on any atom is 0.0702 e. The lowest BCUT2D eigenvalue weighted by Gasteiger charge is -2.19. The lowest BCUT2D eigenvalue weighted by molar-refractivity contribution is 0.590. The second-order valence-electron chi connectivity index (χ2n) is 5.39. The van der Waals surface area contributed by atoms with Crippen LogP contribution in [0.1, 0.15) is 31.2 Å². The Labute approximate surface area is 121 Å². The van der Waals surface area contributed by atoms with Gasteiger partial charge in [0, 0.05) is 17.1 Å². The van der Waals surface area contributed by atoms with Crippen molar-refractivity contribution in [3.8, 4) is 0 Å². The van der Waals surface area contributed by atoms with Crippen LogP contribution in [0.4, 0.5) is 5.69 Å². The fourth-order valence-corrected chi connectivity index (χ4v) is 3.15. The molecule has 0 saturated carbocycles. The number of thiophene rings is 1. The van der Waals surface area contributed by atoms with Gasteiger partial charge in [-0.1, -0.05) is 32.9 Å². The van der Waals surface area contributed by atoms with Crippen LogP contribution >= 0.6 is 27.3 Å². The first kappa shape index (κ1) is 13.6. The number of rotatable bonds is 3. The van der Waals surface area contributed by atoms with Gasteiger partial charge in [0.2, 0.25) is 0 Å². The summed E-state index contributed by atoms with van der Waals surface area (Å²) in [6, 6.07) is 12.9. The zero-order valence-corrected chi connectivity index (χ0v) is 13.4. The van der Waals surface area contributed by atoms with Gasteiger partial charge in [0.25, 0.3) is 0 Å². The molecule has 0 aliphatic heterocycles. The molecule has 1 aromatic carbocycles. The maximum atomic E-state index is 3.48. The second-order valence-corrected chi connectivity index (χ2v) is 7.93. The average molecular weight is 324 g/mol. The minimum Gasteiger partial charge on any atom is -0.380 e. The second kappa shape index (κ2) is 5.45. The summed E-state index contributed by atoms with van der Waals surface area (Å²) in [5, 5.41) is 3.44. The molecule has 1 aromatic heterocycles. The van der Waals surface area contributed by atoms with Gasteiger partial charge in [0.15, 0.2) is 0 Å². The molecule has 0 saturated heterocycles. The molecule has 1 nitrogen and oxygen atoms in total. The predicted octanol–water partition coefficient (Wildman–Crippen LogP) is 5.42. The average Bonchev–Trinajstić information content (AvgIpc) is 2.72. The number of halogens is 1. The molecule has 3 heteroatoms. The van der Waals surface area contributed by atoms with Crippen LogP contribution in [0.2, 0.25) is 0 Å². The van der Waals surface area contributed by atoms with Crippen molar-refractivity contribution in [1.29, 1.82) is 0 Å². The number of hydrogen-bond donors (Lipinski definition) is 1. The molecular weight excluding hydrogens is 306 g/mol. The summed E-state index contributed by atoms with van der Waals surface area (Å²) in [6.07, 6.45) is 0. The number of benzene rings is 1. The topological polar surface area (TPSA) is 12.0 Å². The summed E-state index contributed by atoms with van der Waals surface area (Å²) in [5.41, 5.74) is 2.76. The SMILES string of the molecule is CC(C)(C)c1ccc(NCc2ccc(Br)s2)cc1. The van der Waals surface area contributed by atoms with Crippen molar-refractivity contribution < 1.29 is 0 Å². The molecule has 0 spiro atoms. The Morgan fingerprint density at radius 1 is 1.06 bits per heavy atom. The highest BCUT2D eigenvalue weighted by Crippen LogP contribution is 2.25. The van der Waals surface area contributed by atoms with E-state index >= 15 is 0 Å². The minimum atomic E-state index is 0.219. The Balaban J connectivity index is 1.98. The largest absolute Gasteiger partial charge is 0.380 e. The maximum absolute atomic E-state index is 3.48. The molecular formula is C15H18BrNS. The fraction of sp³-hybridized carbons (Fsp3) is 0.333. The molecule has 2 rings (SSSR count). The zero-order valence-electron chi connectivity index (χ0n) is 11.0. The van der Waals surface area contributed by atoms with Crippen molar-refractivity contribution in [2.45, 2.75) is 32.7 Å². The number of hydrogen-bond acceptors (Lipinski definition) is 2. The third kappa shape index (κ3) is 3.59. The monoisotopic (exact) mass is 323 g/mol. The van der Waals surface area contributed by atoms with Crippen molar-refractivity contribution in [3.05, 3.63) is 50.6 Å². The summed E-state index contributed by atoms with van der Waals surface area (Å²) < 4.78 is 1.18. The van der Waals surface area contributed by atoms with E-state index in [0.29, 0.717) is 0 Å². The summed E-state index contributed by atoms with van der Waals surface area (Å²) >= 11 is 5.25. The molecule has 0 radical (unpaired) electrons. The van der Waals surface area contributed by atoms with Gasteiger partial charge in [-0.15, -0.1) is 11.3 Å².